The van der Waals surface area contributed by atoms with Crippen LogP contribution in [0.3, 0.4) is 0 Å². The van der Waals surface area contributed by atoms with Crippen molar-refractivity contribution in [2.24, 2.45) is 0 Å². The number of aromatic nitrogens is 3. The zero-order chi connectivity index (χ0) is 28.5. The second kappa shape index (κ2) is 11.2. The highest BCUT2D eigenvalue weighted by Crippen LogP contribution is 2.36. The molecule has 3 heterocycles. The first-order valence-electron chi connectivity index (χ1n) is 12.4. The molecule has 2 aromatic heterocycles. The summed E-state index contributed by atoms with van der Waals surface area (Å²) in [6.45, 7) is 5.69. The number of nitrogens with zero attached hydrogens (tertiary/aromatic N) is 6. The molecule has 1 aromatic carbocycles. The zero-order valence-corrected chi connectivity index (χ0v) is 22.4. The van der Waals surface area contributed by atoms with Crippen LogP contribution in [0.5, 0.6) is 5.88 Å². The van der Waals surface area contributed by atoms with Crippen LogP contribution in [0.4, 0.5) is 29.1 Å². The van der Waals surface area contributed by atoms with E-state index < -0.39 is 23.6 Å². The second-order valence-corrected chi connectivity index (χ2v) is 9.69. The van der Waals surface area contributed by atoms with Gasteiger partial charge in [0, 0.05) is 31.7 Å². The van der Waals surface area contributed by atoms with Crippen LogP contribution < -0.4 is 15.0 Å². The molecule has 1 fully saturated rings. The molecule has 1 saturated heterocycles. The Morgan fingerprint density at radius 1 is 1.15 bits per heavy atom. The van der Waals surface area contributed by atoms with E-state index in [0.717, 1.165) is 0 Å². The fourth-order valence-corrected chi connectivity index (χ4v) is 4.58. The molecule has 0 unspecified atom stereocenters. The molecular weight excluding hydrogens is 518 g/mol. The Kier molecular flexibility index (Phi) is 8.09. The minimum absolute atomic E-state index is 0.0504. The monoisotopic (exact) mass is 549 g/mol. The smallest absolute Gasteiger partial charge is 0.419 e. The topological polar surface area (TPSA) is 86.7 Å². The molecule has 0 bridgehead atoms. The van der Waals surface area contributed by atoms with Crippen molar-refractivity contribution in [1.29, 1.82) is 0 Å². The summed E-state index contributed by atoms with van der Waals surface area (Å²) in [6.07, 6.45) is -4.81. The van der Waals surface area contributed by atoms with Crippen molar-refractivity contribution >= 4 is 28.4 Å². The number of likely N-dealkylation sites (N-methyl/N-ethyl adjacent to an activating group) is 1. The Morgan fingerprint density at radius 3 is 2.46 bits per heavy atom. The predicted molar refractivity (Wildman–Crippen MR) is 139 cm³/mol. The van der Waals surface area contributed by atoms with Crippen molar-refractivity contribution in [3.05, 3.63) is 47.0 Å². The Balaban J connectivity index is 1.66. The van der Waals surface area contributed by atoms with Crippen LogP contribution in [0.2, 0.25) is 0 Å². The van der Waals surface area contributed by atoms with Crippen LogP contribution in [0, 0.1) is 12.7 Å². The Hall–Kier alpha value is -3.74. The van der Waals surface area contributed by atoms with Crippen LogP contribution in [0.1, 0.15) is 29.9 Å². The molecule has 0 spiro atoms. The number of carbonyl (C=O) groups excluding carboxylic acids is 1. The van der Waals surface area contributed by atoms with Crippen LogP contribution in [0.25, 0.3) is 11.0 Å². The number of hydrogen-bond acceptors (Lipinski definition) is 8. The van der Waals surface area contributed by atoms with Crippen molar-refractivity contribution in [1.82, 2.24) is 24.8 Å². The second-order valence-electron chi connectivity index (χ2n) is 9.69. The summed E-state index contributed by atoms with van der Waals surface area (Å²) < 4.78 is 60.2. The first kappa shape index (κ1) is 28.3. The SMILES string of the molecule is COc1nc2nc(C)nc(N[C@H](C)c3cccc(C(F)(F)F)c3F)c2cc1N1CCN(C(=O)CN(C)C)CC1. The van der Waals surface area contributed by atoms with Gasteiger partial charge in [-0.2, -0.15) is 18.2 Å². The number of alkyl halides is 3. The lowest BCUT2D eigenvalue weighted by atomic mass is 10.0. The fourth-order valence-electron chi connectivity index (χ4n) is 4.58. The first-order chi connectivity index (χ1) is 18.4. The van der Waals surface area contributed by atoms with Crippen LogP contribution >= 0.6 is 0 Å². The number of anilines is 2. The van der Waals surface area contributed by atoms with Gasteiger partial charge in [-0.25, -0.2) is 14.4 Å². The molecule has 9 nitrogen and oxygen atoms in total. The van der Waals surface area contributed by atoms with Gasteiger partial charge < -0.3 is 24.8 Å². The Bertz CT molecular complexity index is 1360. The molecule has 3 aromatic rings. The first-order valence-corrected chi connectivity index (χ1v) is 12.4. The number of ether oxygens (including phenoxy) is 1. The average Bonchev–Trinajstić information content (AvgIpc) is 2.87. The fraction of sp³-hybridized carbons (Fsp3) is 0.462. The third-order valence-electron chi connectivity index (χ3n) is 6.52. The molecule has 0 aliphatic carbocycles. The van der Waals surface area contributed by atoms with Crippen molar-refractivity contribution < 1.29 is 27.1 Å². The van der Waals surface area contributed by atoms with E-state index in [1.54, 1.807) is 19.9 Å². The summed E-state index contributed by atoms with van der Waals surface area (Å²) in [5.41, 5.74) is -0.482. The maximum Gasteiger partial charge on any atom is 0.419 e. The van der Waals surface area contributed by atoms with Crippen molar-refractivity contribution in [2.45, 2.75) is 26.1 Å². The lowest BCUT2D eigenvalue weighted by Gasteiger charge is -2.36. The van der Waals surface area contributed by atoms with Gasteiger partial charge in [0.05, 0.1) is 30.6 Å². The molecule has 210 valence electrons. The molecule has 13 heteroatoms. The molecule has 1 aliphatic heterocycles. The number of benzene rings is 1. The van der Waals surface area contributed by atoms with E-state index in [9.17, 15) is 22.4 Å². The summed E-state index contributed by atoms with van der Waals surface area (Å²) in [5.74, 6) is -0.261. The average molecular weight is 550 g/mol. The van der Waals surface area contributed by atoms with Gasteiger partial charge >= 0.3 is 6.18 Å². The highest BCUT2D eigenvalue weighted by molar-refractivity contribution is 5.90. The molecule has 1 amide bonds. The Morgan fingerprint density at radius 2 is 1.85 bits per heavy atom. The maximum absolute atomic E-state index is 14.8. The summed E-state index contributed by atoms with van der Waals surface area (Å²) in [7, 11) is 5.19. The minimum atomic E-state index is -4.81. The number of piperazine rings is 1. The molecule has 1 aliphatic rings. The lowest BCUT2D eigenvalue weighted by molar-refractivity contribution is -0.140. The van der Waals surface area contributed by atoms with E-state index in [0.29, 0.717) is 73.0 Å². The number of amides is 1. The number of pyridine rings is 1. The summed E-state index contributed by atoms with van der Waals surface area (Å²) in [5, 5.41) is 3.56. The van der Waals surface area contributed by atoms with Crippen molar-refractivity contribution in [3.63, 3.8) is 0 Å². The standard InChI is InChI=1S/C26H31F4N7O2/c1-15(17-7-6-8-19(22(17)27)26(28,29)30)31-23-18-13-20(25(39-5)34-24(18)33-16(2)32-23)36-9-11-37(12-10-36)21(38)14-35(3)4/h6-8,13,15H,9-12,14H2,1-5H3,(H,31,32,33,34)/t15-/m1/s1. The van der Waals surface area contributed by atoms with Crippen LogP contribution in [0.15, 0.2) is 24.3 Å². The molecule has 1 atom stereocenters. The molecule has 0 saturated carbocycles. The van der Waals surface area contributed by atoms with E-state index in [1.807, 2.05) is 28.8 Å². The summed E-state index contributed by atoms with van der Waals surface area (Å²) >= 11 is 0. The van der Waals surface area contributed by atoms with Gasteiger partial charge in [-0.3, -0.25) is 4.79 Å². The third-order valence-corrected chi connectivity index (χ3v) is 6.52. The van der Waals surface area contributed by atoms with Crippen LogP contribution in [-0.4, -0.2) is 84.6 Å². The molecule has 4 rings (SSSR count). The Labute approximate surface area is 223 Å². The highest BCUT2D eigenvalue weighted by atomic mass is 19.4. The van der Waals surface area contributed by atoms with E-state index in [-0.39, 0.29) is 11.5 Å². The van der Waals surface area contributed by atoms with E-state index >= 15 is 0 Å². The van der Waals surface area contributed by atoms with E-state index in [2.05, 4.69) is 20.3 Å². The number of halogens is 4. The number of nitrogens with one attached hydrogen (secondary N) is 1. The van der Waals surface area contributed by atoms with Gasteiger partial charge in [-0.1, -0.05) is 12.1 Å². The maximum atomic E-state index is 14.8. The molecule has 39 heavy (non-hydrogen) atoms. The quantitative estimate of drug-likeness (QED) is 0.445. The number of methoxy groups -OCH3 is 1. The van der Waals surface area contributed by atoms with Crippen LogP contribution in [-0.2, 0) is 11.0 Å². The van der Waals surface area contributed by atoms with Crippen molar-refractivity contribution in [3.8, 4) is 5.88 Å². The van der Waals surface area contributed by atoms with Gasteiger partial charge in [0.1, 0.15) is 23.1 Å². The largest absolute Gasteiger partial charge is 0.479 e. The highest BCUT2D eigenvalue weighted by Gasteiger charge is 2.35. The van der Waals surface area contributed by atoms with Gasteiger partial charge in [0.2, 0.25) is 11.8 Å². The molecular formula is C26H31F4N7O2. The van der Waals surface area contributed by atoms with Gasteiger partial charge in [-0.15, -0.1) is 0 Å². The van der Waals surface area contributed by atoms with Gasteiger partial charge in [0.15, 0.2) is 5.65 Å². The molecule has 0 radical (unpaired) electrons. The number of fused-ring (bicyclic) bond motifs is 1. The number of aryl methyl sites for hydroxylation is 1. The van der Waals surface area contributed by atoms with E-state index in [1.165, 1.54) is 19.2 Å². The van der Waals surface area contributed by atoms with Gasteiger partial charge in [0.25, 0.3) is 0 Å². The normalized spacial score (nSPS) is 15.1. The number of carbonyl (C=O) groups is 1. The van der Waals surface area contributed by atoms with Gasteiger partial charge in [-0.05, 0) is 40.1 Å². The number of hydrogen-bond donors (Lipinski definition) is 1. The predicted octanol–water partition coefficient (Wildman–Crippen LogP) is 3.88. The lowest BCUT2D eigenvalue weighted by Crippen LogP contribution is -2.50. The van der Waals surface area contributed by atoms with E-state index in [4.69, 9.17) is 4.74 Å². The molecule has 1 N–H and O–H groups in total. The zero-order valence-electron chi connectivity index (χ0n) is 22.4. The summed E-state index contributed by atoms with van der Waals surface area (Å²) in [6, 6.07) is 4.15. The third kappa shape index (κ3) is 6.13. The van der Waals surface area contributed by atoms with Crippen molar-refractivity contribution in [2.75, 3.05) is 64.1 Å². The minimum Gasteiger partial charge on any atom is -0.479 e. The summed E-state index contributed by atoms with van der Waals surface area (Å²) in [4.78, 5) is 31.5. The number of rotatable bonds is 7.